The molecule has 0 aromatic carbocycles. The van der Waals surface area contributed by atoms with Crippen LogP contribution in [-0.2, 0) is 14.6 Å². The zero-order valence-corrected chi connectivity index (χ0v) is 13.8. The summed E-state index contributed by atoms with van der Waals surface area (Å²) >= 11 is 0. The molecule has 0 bridgehead atoms. The molecule has 2 fully saturated rings. The molecular formula is C14H20N4O4S. The number of carbonyl (C=O) groups is 1. The van der Waals surface area contributed by atoms with E-state index in [1.54, 1.807) is 19.2 Å². The van der Waals surface area contributed by atoms with Gasteiger partial charge in [0.2, 0.25) is 0 Å². The van der Waals surface area contributed by atoms with E-state index >= 15 is 0 Å². The van der Waals surface area contributed by atoms with Gasteiger partial charge < -0.3 is 14.5 Å². The number of amides is 1. The lowest BCUT2D eigenvalue weighted by atomic mass is 10.2. The highest BCUT2D eigenvalue weighted by Crippen LogP contribution is 2.18. The lowest BCUT2D eigenvalue weighted by molar-refractivity contribution is 0.0740. The monoisotopic (exact) mass is 340 g/mol. The number of rotatable bonds is 3. The van der Waals surface area contributed by atoms with E-state index in [4.69, 9.17) is 4.74 Å². The number of sulfone groups is 1. The van der Waals surface area contributed by atoms with Gasteiger partial charge in [-0.2, -0.15) is 0 Å². The van der Waals surface area contributed by atoms with Crippen LogP contribution in [0.25, 0.3) is 0 Å². The molecule has 2 aliphatic heterocycles. The van der Waals surface area contributed by atoms with Crippen molar-refractivity contribution in [1.29, 1.82) is 0 Å². The molecule has 2 aliphatic rings. The molecular weight excluding hydrogens is 320 g/mol. The lowest BCUT2D eigenvalue weighted by Crippen LogP contribution is -2.39. The van der Waals surface area contributed by atoms with Crippen LogP contribution in [0.5, 0.6) is 0 Å². The summed E-state index contributed by atoms with van der Waals surface area (Å²) in [6, 6.07) is 3.12. The minimum atomic E-state index is -3.03. The smallest absolute Gasteiger partial charge is 0.274 e. The van der Waals surface area contributed by atoms with Crippen molar-refractivity contribution in [3.63, 3.8) is 0 Å². The molecule has 1 amide bonds. The topological polar surface area (TPSA) is 92.7 Å². The molecule has 0 radical (unpaired) electrons. The summed E-state index contributed by atoms with van der Waals surface area (Å²) in [5, 5.41) is 8.13. The number of aromatic nitrogens is 2. The molecule has 0 spiro atoms. The molecule has 3 rings (SSSR count). The van der Waals surface area contributed by atoms with Crippen LogP contribution in [0.4, 0.5) is 5.82 Å². The van der Waals surface area contributed by atoms with Crippen molar-refractivity contribution in [3.8, 4) is 0 Å². The first-order chi connectivity index (χ1) is 11.0. The van der Waals surface area contributed by atoms with Crippen LogP contribution in [0, 0.1) is 0 Å². The van der Waals surface area contributed by atoms with Crippen molar-refractivity contribution in [2.24, 2.45) is 0 Å². The molecule has 9 heteroatoms. The lowest BCUT2D eigenvalue weighted by Gasteiger charge is -2.27. The minimum Gasteiger partial charge on any atom is -0.378 e. The quantitative estimate of drug-likeness (QED) is 0.737. The Balaban J connectivity index is 1.67. The molecule has 2 saturated heterocycles. The number of carbonyl (C=O) groups excluding carboxylic acids is 1. The average Bonchev–Trinajstić information content (AvgIpc) is 2.94. The fourth-order valence-corrected chi connectivity index (χ4v) is 4.60. The van der Waals surface area contributed by atoms with E-state index in [0.717, 1.165) is 18.9 Å². The molecule has 23 heavy (non-hydrogen) atoms. The summed E-state index contributed by atoms with van der Waals surface area (Å²) in [7, 11) is -1.41. The fourth-order valence-electron chi connectivity index (χ4n) is 2.83. The van der Waals surface area contributed by atoms with E-state index in [1.807, 2.05) is 0 Å². The normalized spacial score (nSPS) is 23.7. The molecule has 3 heterocycles. The first-order valence-electron chi connectivity index (χ1n) is 7.60. The second kappa shape index (κ2) is 6.40. The third kappa shape index (κ3) is 3.61. The van der Waals surface area contributed by atoms with Gasteiger partial charge >= 0.3 is 0 Å². The van der Waals surface area contributed by atoms with Gasteiger partial charge in [0, 0.05) is 26.2 Å². The van der Waals surface area contributed by atoms with Crippen LogP contribution in [0.3, 0.4) is 0 Å². The van der Waals surface area contributed by atoms with Gasteiger partial charge in [-0.15, -0.1) is 10.2 Å². The van der Waals surface area contributed by atoms with Gasteiger partial charge in [0.25, 0.3) is 5.91 Å². The molecule has 1 unspecified atom stereocenters. The van der Waals surface area contributed by atoms with E-state index in [1.165, 1.54) is 4.90 Å². The van der Waals surface area contributed by atoms with Crippen molar-refractivity contribution in [1.82, 2.24) is 15.1 Å². The molecule has 1 atom stereocenters. The highest BCUT2D eigenvalue weighted by Gasteiger charge is 2.33. The molecule has 0 saturated carbocycles. The van der Waals surface area contributed by atoms with Crippen molar-refractivity contribution in [2.45, 2.75) is 12.5 Å². The van der Waals surface area contributed by atoms with Crippen LogP contribution in [-0.4, -0.2) is 80.3 Å². The zero-order chi connectivity index (χ0) is 16.4. The Hall–Kier alpha value is -1.74. The Morgan fingerprint density at radius 2 is 2.04 bits per heavy atom. The van der Waals surface area contributed by atoms with E-state index in [0.29, 0.717) is 19.6 Å². The number of hydrogen-bond donors (Lipinski definition) is 0. The second-order valence-electron chi connectivity index (χ2n) is 5.85. The summed E-state index contributed by atoms with van der Waals surface area (Å²) in [5.41, 5.74) is 0.230. The molecule has 126 valence electrons. The van der Waals surface area contributed by atoms with Crippen molar-refractivity contribution in [2.75, 3.05) is 49.8 Å². The maximum Gasteiger partial charge on any atom is 0.274 e. The Morgan fingerprint density at radius 3 is 2.61 bits per heavy atom. The first kappa shape index (κ1) is 16.1. The van der Waals surface area contributed by atoms with Gasteiger partial charge in [-0.25, -0.2) is 8.42 Å². The summed E-state index contributed by atoms with van der Waals surface area (Å²) in [5.74, 6) is 0.579. The maximum absolute atomic E-state index is 12.4. The fraction of sp³-hybridized carbons (Fsp3) is 0.643. The van der Waals surface area contributed by atoms with Gasteiger partial charge in [0.15, 0.2) is 21.3 Å². The second-order valence-corrected chi connectivity index (χ2v) is 8.08. The minimum absolute atomic E-state index is 0.0224. The van der Waals surface area contributed by atoms with Gasteiger partial charge in [0.1, 0.15) is 0 Å². The molecule has 1 aromatic rings. The first-order valence-corrected chi connectivity index (χ1v) is 9.42. The van der Waals surface area contributed by atoms with Crippen molar-refractivity contribution in [3.05, 3.63) is 17.8 Å². The van der Waals surface area contributed by atoms with E-state index in [9.17, 15) is 13.2 Å². The number of ether oxygens (including phenoxy) is 1. The van der Waals surface area contributed by atoms with Gasteiger partial charge in [-0.1, -0.05) is 0 Å². The maximum atomic E-state index is 12.4. The third-order valence-corrected chi connectivity index (χ3v) is 6.03. The largest absolute Gasteiger partial charge is 0.378 e. The van der Waals surface area contributed by atoms with Gasteiger partial charge in [0.05, 0.1) is 24.7 Å². The number of nitrogens with zero attached hydrogens (tertiary/aromatic N) is 4. The molecule has 0 N–H and O–H groups in total. The SMILES string of the molecule is CN(C(=O)c1ccc(N2CCOCC2)nn1)C1CCS(=O)(=O)C1. The van der Waals surface area contributed by atoms with Gasteiger partial charge in [-0.05, 0) is 18.6 Å². The summed E-state index contributed by atoms with van der Waals surface area (Å²) in [6.45, 7) is 2.81. The predicted molar refractivity (Wildman–Crippen MR) is 84.2 cm³/mol. The highest BCUT2D eigenvalue weighted by atomic mass is 32.2. The Kier molecular flexibility index (Phi) is 4.49. The van der Waals surface area contributed by atoms with Crippen LogP contribution in [0.1, 0.15) is 16.9 Å². The zero-order valence-electron chi connectivity index (χ0n) is 13.0. The average molecular weight is 340 g/mol. The Morgan fingerprint density at radius 1 is 1.30 bits per heavy atom. The highest BCUT2D eigenvalue weighted by molar-refractivity contribution is 7.91. The summed E-state index contributed by atoms with van der Waals surface area (Å²) < 4.78 is 28.4. The van der Waals surface area contributed by atoms with Crippen LogP contribution in [0.15, 0.2) is 12.1 Å². The third-order valence-electron chi connectivity index (χ3n) is 4.28. The van der Waals surface area contributed by atoms with E-state index < -0.39 is 9.84 Å². The Bertz CT molecular complexity index is 671. The molecule has 1 aromatic heterocycles. The summed E-state index contributed by atoms with van der Waals surface area (Å²) in [4.78, 5) is 15.9. The van der Waals surface area contributed by atoms with Crippen molar-refractivity contribution < 1.29 is 17.9 Å². The number of anilines is 1. The van der Waals surface area contributed by atoms with Crippen molar-refractivity contribution >= 4 is 21.6 Å². The predicted octanol–water partition coefficient (Wildman–Crippen LogP) is -0.428. The van der Waals surface area contributed by atoms with E-state index in [2.05, 4.69) is 15.1 Å². The van der Waals surface area contributed by atoms with Crippen LogP contribution >= 0.6 is 0 Å². The Labute approximate surface area is 135 Å². The van der Waals surface area contributed by atoms with Crippen LogP contribution < -0.4 is 4.90 Å². The number of morpholine rings is 1. The molecule has 8 nitrogen and oxygen atoms in total. The van der Waals surface area contributed by atoms with E-state index in [-0.39, 0.29) is 29.1 Å². The van der Waals surface area contributed by atoms with Crippen LogP contribution in [0.2, 0.25) is 0 Å². The standard InChI is InChI=1S/C14H20N4O4S/c1-17(11-4-9-23(20,21)10-11)14(19)12-2-3-13(16-15-12)18-5-7-22-8-6-18/h2-3,11H,4-10H2,1H3. The summed E-state index contributed by atoms with van der Waals surface area (Å²) in [6.07, 6.45) is 0.476. The van der Waals surface area contributed by atoms with Gasteiger partial charge in [-0.3, -0.25) is 4.79 Å². The molecule has 0 aliphatic carbocycles. The number of hydrogen-bond acceptors (Lipinski definition) is 7.